The van der Waals surface area contributed by atoms with Crippen molar-refractivity contribution in [3.63, 3.8) is 0 Å². The summed E-state index contributed by atoms with van der Waals surface area (Å²) in [6.07, 6.45) is 1.21. The largest absolute Gasteiger partial charge is 0.493 e. The number of carbonyl (C=O) groups is 1. The zero-order valence-electron chi connectivity index (χ0n) is 11.6. The fraction of sp³-hybridized carbons (Fsp3) is 0.500. The van der Waals surface area contributed by atoms with E-state index < -0.39 is 11.4 Å². The van der Waals surface area contributed by atoms with Crippen LogP contribution < -0.4 is 9.47 Å². The van der Waals surface area contributed by atoms with Crippen molar-refractivity contribution in [2.24, 2.45) is 5.41 Å². The van der Waals surface area contributed by atoms with E-state index in [1.807, 2.05) is 12.1 Å². The Morgan fingerprint density at radius 2 is 1.79 bits per heavy atom. The number of carboxylic acids is 1. The lowest BCUT2D eigenvalue weighted by Crippen LogP contribution is -2.24. The molecule has 0 saturated carbocycles. The van der Waals surface area contributed by atoms with Gasteiger partial charge >= 0.3 is 5.97 Å². The number of aliphatic carboxylic acids is 1. The predicted molar refractivity (Wildman–Crippen MR) is 77.0 cm³/mol. The van der Waals surface area contributed by atoms with Gasteiger partial charge in [0.05, 0.1) is 19.6 Å². The second kappa shape index (κ2) is 6.28. The molecule has 4 nitrogen and oxygen atoms in total. The van der Waals surface area contributed by atoms with Gasteiger partial charge in [-0.2, -0.15) is 0 Å². The van der Waals surface area contributed by atoms with Gasteiger partial charge in [-0.25, -0.2) is 0 Å². The molecule has 1 aromatic carbocycles. The van der Waals surface area contributed by atoms with Crippen molar-refractivity contribution >= 4 is 21.9 Å². The molecule has 0 aliphatic heterocycles. The monoisotopic (exact) mass is 330 g/mol. The average molecular weight is 331 g/mol. The number of benzene rings is 1. The number of hydrogen-bond donors (Lipinski definition) is 1. The standard InChI is InChI=1S/C14H19BrO4/c1-14(2,13(16)17)6-5-9-7-11(18-3)12(19-4)8-10(9)15/h7-8H,5-6H2,1-4H3,(H,16,17). The first-order chi connectivity index (χ1) is 8.81. The highest BCUT2D eigenvalue weighted by atomic mass is 79.9. The third-order valence-corrected chi connectivity index (χ3v) is 3.89. The third-order valence-electron chi connectivity index (χ3n) is 3.15. The summed E-state index contributed by atoms with van der Waals surface area (Å²) >= 11 is 3.47. The maximum Gasteiger partial charge on any atom is 0.309 e. The van der Waals surface area contributed by atoms with Gasteiger partial charge in [0.1, 0.15) is 0 Å². The highest BCUT2D eigenvalue weighted by Crippen LogP contribution is 2.35. The molecule has 1 N–H and O–H groups in total. The Bertz CT molecular complexity index is 469. The van der Waals surface area contributed by atoms with Gasteiger partial charge in [-0.15, -0.1) is 0 Å². The van der Waals surface area contributed by atoms with Crippen LogP contribution in [0.3, 0.4) is 0 Å². The molecular weight excluding hydrogens is 312 g/mol. The molecule has 0 spiro atoms. The van der Waals surface area contributed by atoms with E-state index in [4.69, 9.17) is 14.6 Å². The van der Waals surface area contributed by atoms with Crippen molar-refractivity contribution in [3.05, 3.63) is 22.2 Å². The molecule has 1 aromatic rings. The van der Waals surface area contributed by atoms with E-state index in [0.717, 1.165) is 10.0 Å². The fourth-order valence-electron chi connectivity index (χ4n) is 1.64. The number of rotatable bonds is 6. The van der Waals surface area contributed by atoms with Crippen LogP contribution in [-0.2, 0) is 11.2 Å². The second-order valence-corrected chi connectivity index (χ2v) is 5.84. The second-order valence-electron chi connectivity index (χ2n) is 4.99. The Morgan fingerprint density at radius 1 is 1.26 bits per heavy atom. The van der Waals surface area contributed by atoms with Crippen LogP contribution in [0, 0.1) is 5.41 Å². The minimum atomic E-state index is -0.788. The SMILES string of the molecule is COc1cc(Br)c(CCC(C)(C)C(=O)O)cc1OC. The normalized spacial score (nSPS) is 11.2. The van der Waals surface area contributed by atoms with Crippen molar-refractivity contribution < 1.29 is 19.4 Å². The van der Waals surface area contributed by atoms with Crippen LogP contribution in [0.15, 0.2) is 16.6 Å². The van der Waals surface area contributed by atoms with Gasteiger partial charge < -0.3 is 14.6 Å². The average Bonchev–Trinajstić information content (AvgIpc) is 2.36. The van der Waals surface area contributed by atoms with Crippen molar-refractivity contribution in [1.29, 1.82) is 0 Å². The fourth-order valence-corrected chi connectivity index (χ4v) is 2.16. The van der Waals surface area contributed by atoms with E-state index in [0.29, 0.717) is 24.3 Å². The van der Waals surface area contributed by atoms with E-state index in [1.54, 1.807) is 28.1 Å². The van der Waals surface area contributed by atoms with Crippen LogP contribution in [0.4, 0.5) is 0 Å². The summed E-state index contributed by atoms with van der Waals surface area (Å²) in [5.74, 6) is 0.508. The van der Waals surface area contributed by atoms with Gasteiger partial charge in [-0.05, 0) is 44.4 Å². The molecule has 0 aliphatic rings. The van der Waals surface area contributed by atoms with E-state index in [-0.39, 0.29) is 0 Å². The Morgan fingerprint density at radius 3 is 2.26 bits per heavy atom. The Hall–Kier alpha value is -1.23. The van der Waals surface area contributed by atoms with Gasteiger partial charge in [0.2, 0.25) is 0 Å². The summed E-state index contributed by atoms with van der Waals surface area (Å²) < 4.78 is 11.4. The van der Waals surface area contributed by atoms with Crippen molar-refractivity contribution in [3.8, 4) is 11.5 Å². The highest BCUT2D eigenvalue weighted by Gasteiger charge is 2.27. The third kappa shape index (κ3) is 3.86. The lowest BCUT2D eigenvalue weighted by atomic mass is 9.86. The molecule has 0 atom stereocenters. The van der Waals surface area contributed by atoms with Gasteiger partial charge in [0.25, 0.3) is 0 Å². The smallest absolute Gasteiger partial charge is 0.309 e. The van der Waals surface area contributed by atoms with Gasteiger partial charge in [0.15, 0.2) is 11.5 Å². The number of hydrogen-bond acceptors (Lipinski definition) is 3. The van der Waals surface area contributed by atoms with Crippen molar-refractivity contribution in [2.45, 2.75) is 26.7 Å². The molecule has 0 saturated heterocycles. The first-order valence-corrected chi connectivity index (χ1v) is 6.75. The van der Waals surface area contributed by atoms with Crippen LogP contribution in [0.25, 0.3) is 0 Å². The summed E-state index contributed by atoms with van der Waals surface area (Å²) in [5, 5.41) is 9.12. The number of carboxylic acid groups (broad SMARTS) is 1. The van der Waals surface area contributed by atoms with Crippen LogP contribution in [0.5, 0.6) is 11.5 Å². The Labute approximate surface area is 121 Å². The van der Waals surface area contributed by atoms with E-state index >= 15 is 0 Å². The van der Waals surface area contributed by atoms with Crippen molar-refractivity contribution in [1.82, 2.24) is 0 Å². The predicted octanol–water partition coefficient (Wildman–Crippen LogP) is 3.51. The van der Waals surface area contributed by atoms with Crippen LogP contribution >= 0.6 is 15.9 Å². The first-order valence-electron chi connectivity index (χ1n) is 5.95. The minimum Gasteiger partial charge on any atom is -0.493 e. The summed E-state index contributed by atoms with van der Waals surface area (Å²) in [4.78, 5) is 11.1. The molecular formula is C14H19BrO4. The summed E-state index contributed by atoms with van der Waals surface area (Å²) in [6.45, 7) is 3.45. The molecule has 1 rings (SSSR count). The minimum absolute atomic E-state index is 0.552. The maximum absolute atomic E-state index is 11.1. The summed E-state index contributed by atoms with van der Waals surface area (Å²) in [6, 6.07) is 3.71. The summed E-state index contributed by atoms with van der Waals surface area (Å²) in [7, 11) is 3.16. The Balaban J connectivity index is 2.93. The van der Waals surface area contributed by atoms with Crippen LogP contribution in [-0.4, -0.2) is 25.3 Å². The molecule has 0 bridgehead atoms. The lowest BCUT2D eigenvalue weighted by Gasteiger charge is -2.19. The molecule has 5 heteroatoms. The van der Waals surface area contributed by atoms with E-state index in [9.17, 15) is 4.79 Å². The summed E-state index contributed by atoms with van der Waals surface area (Å²) in [5.41, 5.74) is 0.263. The van der Waals surface area contributed by atoms with E-state index in [2.05, 4.69) is 15.9 Å². The molecule has 0 heterocycles. The van der Waals surface area contributed by atoms with E-state index in [1.165, 1.54) is 0 Å². The Kier molecular flexibility index (Phi) is 5.23. The zero-order chi connectivity index (χ0) is 14.6. The molecule has 0 amide bonds. The van der Waals surface area contributed by atoms with Gasteiger partial charge in [0, 0.05) is 4.47 Å². The highest BCUT2D eigenvalue weighted by molar-refractivity contribution is 9.10. The lowest BCUT2D eigenvalue weighted by molar-refractivity contribution is -0.147. The number of aryl methyl sites for hydroxylation is 1. The van der Waals surface area contributed by atoms with Crippen molar-refractivity contribution in [2.75, 3.05) is 14.2 Å². The van der Waals surface area contributed by atoms with Gasteiger partial charge in [-0.1, -0.05) is 15.9 Å². The number of halogens is 1. The van der Waals surface area contributed by atoms with Crippen LogP contribution in [0.2, 0.25) is 0 Å². The zero-order valence-corrected chi connectivity index (χ0v) is 13.2. The molecule has 0 unspecified atom stereocenters. The topological polar surface area (TPSA) is 55.8 Å². The maximum atomic E-state index is 11.1. The molecule has 0 fully saturated rings. The van der Waals surface area contributed by atoms with Crippen LogP contribution in [0.1, 0.15) is 25.8 Å². The molecule has 0 aliphatic carbocycles. The quantitative estimate of drug-likeness (QED) is 0.867. The molecule has 19 heavy (non-hydrogen) atoms. The van der Waals surface area contributed by atoms with Gasteiger partial charge in [-0.3, -0.25) is 4.79 Å². The molecule has 0 aromatic heterocycles. The first kappa shape index (κ1) is 15.8. The molecule has 0 radical (unpaired) electrons. The molecule has 106 valence electrons. The number of ether oxygens (including phenoxy) is 2. The number of methoxy groups -OCH3 is 2.